The van der Waals surface area contributed by atoms with Crippen LogP contribution >= 0.6 is 0 Å². The summed E-state index contributed by atoms with van der Waals surface area (Å²) in [6, 6.07) is 0. The molecule has 0 aromatic heterocycles. The average Bonchev–Trinajstić information content (AvgIpc) is 1.63. The molecule has 1 atom stereocenters. The van der Waals surface area contributed by atoms with Crippen LogP contribution in [0.3, 0.4) is 0 Å². The van der Waals surface area contributed by atoms with Crippen LogP contribution in [0.2, 0.25) is 0 Å². The molecule has 0 aliphatic heterocycles. The number of rotatable bonds is 3. The minimum atomic E-state index is -0.0972. The molecule has 3 nitrogen and oxygen atoms in total. The van der Waals surface area contributed by atoms with E-state index in [1.807, 2.05) is 0 Å². The summed E-state index contributed by atoms with van der Waals surface area (Å²) in [5, 5.41) is 0. The van der Waals surface area contributed by atoms with E-state index >= 15 is 0 Å². The molecule has 0 aliphatic rings. The van der Waals surface area contributed by atoms with E-state index in [1.165, 1.54) is 0 Å². The zero-order valence-electron chi connectivity index (χ0n) is 6.09. The maximum absolute atomic E-state index is 5.52. The van der Waals surface area contributed by atoms with Gasteiger partial charge in [0.15, 0.2) is 0 Å². The minimum absolute atomic E-state index is 0.0972. The van der Waals surface area contributed by atoms with Crippen molar-refractivity contribution in [2.24, 2.45) is 16.5 Å². The number of nitrogens with zero attached hydrogens (tertiary/aromatic N) is 1. The van der Waals surface area contributed by atoms with E-state index < -0.39 is 0 Å². The minimum Gasteiger partial charge on any atom is -0.388 e. The second-order valence-electron chi connectivity index (χ2n) is 2.13. The molecular formula is C6H15N3. The highest BCUT2D eigenvalue weighted by Gasteiger charge is 1.94. The Balaban J connectivity index is 3.49. The third-order valence-corrected chi connectivity index (χ3v) is 0.954. The quantitative estimate of drug-likeness (QED) is 0.429. The average molecular weight is 129 g/mol. The third-order valence-electron chi connectivity index (χ3n) is 0.954. The lowest BCUT2D eigenvalue weighted by Gasteiger charge is -2.02. The maximum Gasteiger partial charge on any atom is 0.0989 e. The molecule has 0 saturated carbocycles. The van der Waals surface area contributed by atoms with Crippen molar-refractivity contribution in [3.05, 3.63) is 0 Å². The zero-order valence-corrected chi connectivity index (χ0v) is 6.09. The first-order valence-corrected chi connectivity index (χ1v) is 3.22. The van der Waals surface area contributed by atoms with Gasteiger partial charge in [-0.25, -0.2) is 0 Å². The Morgan fingerprint density at radius 3 is 2.56 bits per heavy atom. The van der Waals surface area contributed by atoms with Crippen molar-refractivity contribution in [3.8, 4) is 0 Å². The van der Waals surface area contributed by atoms with Crippen LogP contribution in [0.1, 0.15) is 26.7 Å². The van der Waals surface area contributed by atoms with Gasteiger partial charge in [0.25, 0.3) is 0 Å². The third kappa shape index (κ3) is 5.30. The summed E-state index contributed by atoms with van der Waals surface area (Å²) >= 11 is 0. The summed E-state index contributed by atoms with van der Waals surface area (Å²) in [5.41, 5.74) is 10.8. The van der Waals surface area contributed by atoms with Crippen molar-refractivity contribution < 1.29 is 0 Å². The van der Waals surface area contributed by atoms with Crippen LogP contribution in [0.4, 0.5) is 0 Å². The first-order chi connectivity index (χ1) is 4.16. The summed E-state index contributed by atoms with van der Waals surface area (Å²) in [6.07, 6.45) is 1.87. The van der Waals surface area contributed by atoms with Gasteiger partial charge in [0.05, 0.1) is 12.0 Å². The Kier molecular flexibility index (Phi) is 4.05. The fourth-order valence-corrected chi connectivity index (χ4v) is 0.622. The van der Waals surface area contributed by atoms with Crippen molar-refractivity contribution in [2.45, 2.75) is 32.9 Å². The molecule has 0 aromatic carbocycles. The standard InChI is InChI=1S/C6H15N3/c1-3-4-6(8)9-5(2)7/h6H,3-4,8H2,1-2H3,(H2,7,9). The monoisotopic (exact) mass is 129 g/mol. The number of aliphatic imine (C=N–C) groups is 1. The maximum atomic E-state index is 5.52. The highest BCUT2D eigenvalue weighted by atomic mass is 15.0. The summed E-state index contributed by atoms with van der Waals surface area (Å²) in [4.78, 5) is 3.94. The fraction of sp³-hybridized carbons (Fsp3) is 0.833. The SMILES string of the molecule is CCCC(N)/N=C(/C)N. The lowest BCUT2D eigenvalue weighted by molar-refractivity contribution is 0.629. The normalized spacial score (nSPS) is 15.7. The highest BCUT2D eigenvalue weighted by molar-refractivity contribution is 5.77. The molecule has 0 amide bonds. The van der Waals surface area contributed by atoms with E-state index in [1.54, 1.807) is 6.92 Å². The molecule has 0 fully saturated rings. The van der Waals surface area contributed by atoms with E-state index in [9.17, 15) is 0 Å². The van der Waals surface area contributed by atoms with Gasteiger partial charge < -0.3 is 11.5 Å². The van der Waals surface area contributed by atoms with E-state index in [0.29, 0.717) is 5.84 Å². The van der Waals surface area contributed by atoms with Gasteiger partial charge in [-0.15, -0.1) is 0 Å². The van der Waals surface area contributed by atoms with Gasteiger partial charge in [-0.1, -0.05) is 13.3 Å². The number of hydrogen-bond donors (Lipinski definition) is 2. The van der Waals surface area contributed by atoms with E-state index in [4.69, 9.17) is 11.5 Å². The number of hydrogen-bond acceptors (Lipinski definition) is 2. The van der Waals surface area contributed by atoms with Crippen molar-refractivity contribution >= 4 is 5.84 Å². The van der Waals surface area contributed by atoms with E-state index in [0.717, 1.165) is 12.8 Å². The second-order valence-corrected chi connectivity index (χ2v) is 2.13. The Bertz CT molecular complexity index is 94.5. The molecule has 3 heteroatoms. The topological polar surface area (TPSA) is 64.4 Å². The van der Waals surface area contributed by atoms with Gasteiger partial charge in [-0.05, 0) is 13.3 Å². The van der Waals surface area contributed by atoms with Crippen molar-refractivity contribution in [1.82, 2.24) is 0 Å². The summed E-state index contributed by atoms with van der Waals surface area (Å²) in [5.74, 6) is 0.566. The summed E-state index contributed by atoms with van der Waals surface area (Å²) in [7, 11) is 0. The molecule has 0 aromatic rings. The highest BCUT2D eigenvalue weighted by Crippen LogP contribution is 1.93. The van der Waals surface area contributed by atoms with Crippen molar-refractivity contribution in [2.75, 3.05) is 0 Å². The van der Waals surface area contributed by atoms with Crippen LogP contribution in [0.25, 0.3) is 0 Å². The molecule has 0 radical (unpaired) electrons. The van der Waals surface area contributed by atoms with Gasteiger partial charge >= 0.3 is 0 Å². The number of nitrogens with two attached hydrogens (primary N) is 2. The molecule has 54 valence electrons. The first-order valence-electron chi connectivity index (χ1n) is 3.22. The van der Waals surface area contributed by atoms with Crippen molar-refractivity contribution in [1.29, 1.82) is 0 Å². The van der Waals surface area contributed by atoms with Crippen LogP contribution in [0.5, 0.6) is 0 Å². The van der Waals surface area contributed by atoms with Crippen LogP contribution < -0.4 is 11.5 Å². The van der Waals surface area contributed by atoms with Crippen molar-refractivity contribution in [3.63, 3.8) is 0 Å². The van der Waals surface area contributed by atoms with Gasteiger partial charge in [-0.2, -0.15) is 0 Å². The smallest absolute Gasteiger partial charge is 0.0989 e. The molecule has 0 heterocycles. The molecule has 0 rings (SSSR count). The first kappa shape index (κ1) is 8.43. The Morgan fingerprint density at radius 1 is 1.67 bits per heavy atom. The molecule has 0 saturated heterocycles. The number of amidine groups is 1. The van der Waals surface area contributed by atoms with Gasteiger partial charge in [-0.3, -0.25) is 4.99 Å². The van der Waals surface area contributed by atoms with Gasteiger partial charge in [0, 0.05) is 0 Å². The molecule has 1 unspecified atom stereocenters. The Morgan fingerprint density at radius 2 is 2.22 bits per heavy atom. The molecule has 0 aliphatic carbocycles. The lowest BCUT2D eigenvalue weighted by atomic mass is 10.3. The fourth-order valence-electron chi connectivity index (χ4n) is 0.622. The molecule has 4 N–H and O–H groups in total. The molecular weight excluding hydrogens is 114 g/mol. The second kappa shape index (κ2) is 4.32. The summed E-state index contributed by atoms with van der Waals surface area (Å²) in [6.45, 7) is 3.82. The predicted molar refractivity (Wildman–Crippen MR) is 40.2 cm³/mol. The van der Waals surface area contributed by atoms with Crippen LogP contribution in [0, 0.1) is 0 Å². The zero-order chi connectivity index (χ0) is 7.28. The van der Waals surface area contributed by atoms with Gasteiger partial charge in [0.2, 0.25) is 0 Å². The lowest BCUT2D eigenvalue weighted by Crippen LogP contribution is -2.20. The van der Waals surface area contributed by atoms with Crippen LogP contribution in [-0.2, 0) is 0 Å². The van der Waals surface area contributed by atoms with E-state index in [-0.39, 0.29) is 6.17 Å². The predicted octanol–water partition coefficient (Wildman–Crippen LogP) is 0.448. The molecule has 9 heavy (non-hydrogen) atoms. The van der Waals surface area contributed by atoms with Crippen LogP contribution in [-0.4, -0.2) is 12.0 Å². The summed E-state index contributed by atoms with van der Waals surface area (Å²) < 4.78 is 0. The van der Waals surface area contributed by atoms with Crippen LogP contribution in [0.15, 0.2) is 4.99 Å². The Labute approximate surface area is 56.1 Å². The Hall–Kier alpha value is -0.570. The van der Waals surface area contributed by atoms with Gasteiger partial charge in [0.1, 0.15) is 0 Å². The molecule has 0 bridgehead atoms. The largest absolute Gasteiger partial charge is 0.388 e. The van der Waals surface area contributed by atoms with E-state index in [2.05, 4.69) is 11.9 Å². The molecule has 0 spiro atoms.